The molecule has 100 valence electrons. The molecule has 0 radical (unpaired) electrons. The zero-order valence-electron chi connectivity index (χ0n) is 10.0. The summed E-state index contributed by atoms with van der Waals surface area (Å²) in [6.07, 6.45) is 4.59. The molecule has 0 amide bonds. The van der Waals surface area contributed by atoms with Crippen molar-refractivity contribution in [2.75, 3.05) is 18.5 Å². The number of nitrogens with two attached hydrogens (primary N) is 1. The van der Waals surface area contributed by atoms with Crippen molar-refractivity contribution in [1.82, 2.24) is 9.78 Å². The summed E-state index contributed by atoms with van der Waals surface area (Å²) in [7, 11) is 0. The minimum atomic E-state index is -0.407. The number of rotatable bonds is 5. The highest BCUT2D eigenvalue weighted by atomic mass is 35.5. The van der Waals surface area contributed by atoms with E-state index in [-0.39, 0.29) is 23.7 Å². The molecular weight excluding hydrogens is 256 g/mol. The number of aromatic nitrogens is 2. The molecule has 1 aromatic rings. The molecule has 1 aliphatic carbocycles. The molecule has 1 aromatic heterocycles. The molecule has 0 aromatic carbocycles. The van der Waals surface area contributed by atoms with Gasteiger partial charge in [-0.1, -0.05) is 11.6 Å². The van der Waals surface area contributed by atoms with Crippen LogP contribution in [0.2, 0.25) is 5.02 Å². The molecule has 4 N–H and O–H groups in total. The van der Waals surface area contributed by atoms with Crippen molar-refractivity contribution >= 4 is 17.3 Å². The molecule has 0 bridgehead atoms. The molecule has 0 aliphatic heterocycles. The number of anilines is 1. The van der Waals surface area contributed by atoms with E-state index in [1.165, 1.54) is 6.20 Å². The number of hydrogen-bond donors (Lipinski definition) is 3. The van der Waals surface area contributed by atoms with E-state index in [2.05, 4.69) is 10.4 Å². The Morgan fingerprint density at radius 2 is 2.33 bits per heavy atom. The molecule has 1 heterocycles. The van der Waals surface area contributed by atoms with Crippen LogP contribution >= 0.6 is 11.6 Å². The van der Waals surface area contributed by atoms with Crippen molar-refractivity contribution in [2.45, 2.75) is 31.3 Å². The van der Waals surface area contributed by atoms with Gasteiger partial charge >= 0.3 is 0 Å². The highest BCUT2D eigenvalue weighted by Crippen LogP contribution is 2.29. The van der Waals surface area contributed by atoms with Gasteiger partial charge in [-0.2, -0.15) is 5.10 Å². The number of aliphatic hydroxyl groups excluding tert-OH is 1. The summed E-state index contributed by atoms with van der Waals surface area (Å²) >= 11 is 5.97. The lowest BCUT2D eigenvalue weighted by Crippen LogP contribution is -2.52. The van der Waals surface area contributed by atoms with Crippen LogP contribution < -0.4 is 16.6 Å². The predicted octanol–water partition coefficient (Wildman–Crippen LogP) is 0.182. The van der Waals surface area contributed by atoms with Gasteiger partial charge in [0, 0.05) is 12.1 Å². The summed E-state index contributed by atoms with van der Waals surface area (Å²) in [6.45, 7) is 0.569. The van der Waals surface area contributed by atoms with E-state index in [1.807, 2.05) is 0 Å². The van der Waals surface area contributed by atoms with Crippen molar-refractivity contribution in [1.29, 1.82) is 0 Å². The lowest BCUT2D eigenvalue weighted by molar-refractivity contribution is 0.264. The molecule has 1 fully saturated rings. The minimum absolute atomic E-state index is 0.0846. The quantitative estimate of drug-likeness (QED) is 0.711. The summed E-state index contributed by atoms with van der Waals surface area (Å²) in [6, 6.07) is 0. The van der Waals surface area contributed by atoms with Crippen LogP contribution in [0.5, 0.6) is 0 Å². The van der Waals surface area contributed by atoms with Crippen molar-refractivity contribution in [3.05, 3.63) is 21.6 Å². The highest BCUT2D eigenvalue weighted by molar-refractivity contribution is 6.32. The third kappa shape index (κ3) is 2.66. The van der Waals surface area contributed by atoms with Crippen molar-refractivity contribution < 1.29 is 5.11 Å². The van der Waals surface area contributed by atoms with Gasteiger partial charge in [-0.05, 0) is 19.3 Å². The van der Waals surface area contributed by atoms with Crippen LogP contribution in [0.1, 0.15) is 19.3 Å². The van der Waals surface area contributed by atoms with Gasteiger partial charge in [0.15, 0.2) is 0 Å². The maximum absolute atomic E-state index is 11.8. The molecule has 6 nitrogen and oxygen atoms in total. The van der Waals surface area contributed by atoms with Crippen LogP contribution in [0.4, 0.5) is 5.69 Å². The van der Waals surface area contributed by atoms with Crippen LogP contribution in [0.15, 0.2) is 11.0 Å². The smallest absolute Gasteiger partial charge is 0.287 e. The number of halogens is 1. The third-order valence-electron chi connectivity index (χ3n) is 3.28. The normalized spacial score (nSPS) is 17.3. The molecule has 0 unspecified atom stereocenters. The molecule has 0 saturated heterocycles. The van der Waals surface area contributed by atoms with Gasteiger partial charge in [-0.3, -0.25) is 4.79 Å². The van der Waals surface area contributed by atoms with E-state index in [4.69, 9.17) is 22.4 Å². The first-order valence-corrected chi connectivity index (χ1v) is 6.33. The number of nitrogens with one attached hydrogen (secondary N) is 1. The number of nitrogens with zero attached hydrogens (tertiary/aromatic N) is 2. The van der Waals surface area contributed by atoms with E-state index in [1.54, 1.807) is 0 Å². The Hall–Kier alpha value is -1.11. The van der Waals surface area contributed by atoms with E-state index in [9.17, 15) is 4.79 Å². The molecule has 0 spiro atoms. The Morgan fingerprint density at radius 3 is 2.89 bits per heavy atom. The van der Waals surface area contributed by atoms with Crippen LogP contribution in [0.25, 0.3) is 0 Å². The topological polar surface area (TPSA) is 93.2 Å². The predicted molar refractivity (Wildman–Crippen MR) is 69.9 cm³/mol. The van der Waals surface area contributed by atoms with Crippen LogP contribution in [0, 0.1) is 0 Å². The maximum Gasteiger partial charge on any atom is 0.287 e. The van der Waals surface area contributed by atoms with Crippen LogP contribution in [-0.2, 0) is 6.54 Å². The first kappa shape index (κ1) is 13.3. The second-order valence-electron chi connectivity index (χ2n) is 4.69. The Kier molecular flexibility index (Phi) is 3.89. The van der Waals surface area contributed by atoms with Crippen molar-refractivity contribution in [3.8, 4) is 0 Å². The lowest BCUT2D eigenvalue weighted by atomic mass is 9.78. The first-order valence-electron chi connectivity index (χ1n) is 5.95. The minimum Gasteiger partial charge on any atom is -0.394 e. The fraction of sp³-hybridized carbons (Fsp3) is 0.636. The summed E-state index contributed by atoms with van der Waals surface area (Å²) in [5.41, 5.74) is 5.97. The zero-order valence-corrected chi connectivity index (χ0v) is 10.8. The monoisotopic (exact) mass is 272 g/mol. The maximum atomic E-state index is 11.8. The molecule has 18 heavy (non-hydrogen) atoms. The van der Waals surface area contributed by atoms with E-state index >= 15 is 0 Å². The third-order valence-corrected chi connectivity index (χ3v) is 3.64. The Labute approximate surface area is 110 Å². The Balaban J connectivity index is 2.09. The van der Waals surface area contributed by atoms with E-state index in [0.29, 0.717) is 12.2 Å². The van der Waals surface area contributed by atoms with Crippen molar-refractivity contribution in [2.24, 2.45) is 5.73 Å². The molecule has 1 aliphatic rings. The first-order chi connectivity index (χ1) is 8.56. The van der Waals surface area contributed by atoms with E-state index < -0.39 is 5.56 Å². The number of aliphatic hydroxyl groups is 1. The molecule has 7 heteroatoms. The van der Waals surface area contributed by atoms with Gasteiger partial charge in [0.1, 0.15) is 5.02 Å². The highest BCUT2D eigenvalue weighted by Gasteiger charge is 2.32. The molecule has 2 rings (SSSR count). The fourth-order valence-electron chi connectivity index (χ4n) is 1.92. The van der Waals surface area contributed by atoms with Gasteiger partial charge < -0.3 is 16.2 Å². The van der Waals surface area contributed by atoms with E-state index in [0.717, 1.165) is 23.9 Å². The summed E-state index contributed by atoms with van der Waals surface area (Å²) in [5.74, 6) is 0. The lowest BCUT2D eigenvalue weighted by Gasteiger charge is -2.38. The molecular formula is C11H17ClN4O2. The summed E-state index contributed by atoms with van der Waals surface area (Å²) < 4.78 is 1.13. The molecule has 0 atom stereocenters. The average Bonchev–Trinajstić information content (AvgIpc) is 2.32. The van der Waals surface area contributed by atoms with Gasteiger partial charge in [-0.25, -0.2) is 4.68 Å². The van der Waals surface area contributed by atoms with Gasteiger partial charge in [-0.15, -0.1) is 0 Å². The SMILES string of the molecule is NC1(CNc2cnn(CCO)c(=O)c2Cl)CCC1. The number of hydrogen-bond acceptors (Lipinski definition) is 5. The largest absolute Gasteiger partial charge is 0.394 e. The van der Waals surface area contributed by atoms with Crippen molar-refractivity contribution in [3.63, 3.8) is 0 Å². The van der Waals surface area contributed by atoms with Crippen LogP contribution in [0.3, 0.4) is 0 Å². The summed E-state index contributed by atoms with van der Waals surface area (Å²) in [5, 5.41) is 15.9. The molecule has 1 saturated carbocycles. The van der Waals surface area contributed by atoms with Gasteiger partial charge in [0.2, 0.25) is 0 Å². The Bertz CT molecular complexity index is 484. The second-order valence-corrected chi connectivity index (χ2v) is 5.07. The van der Waals surface area contributed by atoms with Gasteiger partial charge in [0.05, 0.1) is 25.0 Å². The fourth-order valence-corrected chi connectivity index (χ4v) is 2.13. The Morgan fingerprint density at radius 1 is 1.61 bits per heavy atom. The summed E-state index contributed by atoms with van der Waals surface area (Å²) in [4.78, 5) is 11.8. The van der Waals surface area contributed by atoms with Crippen LogP contribution in [-0.4, -0.2) is 33.6 Å². The standard InChI is InChI=1S/C11H17ClN4O2/c12-9-8(14-7-11(13)2-1-3-11)6-15-16(4-5-17)10(9)18/h6,14,17H,1-5,7,13H2. The second kappa shape index (κ2) is 5.26. The van der Waals surface area contributed by atoms with Gasteiger partial charge in [0.25, 0.3) is 5.56 Å². The average molecular weight is 273 g/mol. The zero-order chi connectivity index (χ0) is 13.2.